The van der Waals surface area contributed by atoms with E-state index in [1.165, 1.54) is 24.0 Å². The second-order valence-corrected chi connectivity index (χ2v) is 8.51. The van der Waals surface area contributed by atoms with E-state index in [4.69, 9.17) is 14.2 Å². The molecule has 0 spiro atoms. The largest absolute Gasteiger partial charge is 0.508 e. The molecule has 0 aliphatic rings. The Bertz CT molecular complexity index is 1380. The van der Waals surface area contributed by atoms with Gasteiger partial charge in [-0.2, -0.15) is 5.10 Å². The van der Waals surface area contributed by atoms with E-state index < -0.39 is 0 Å². The lowest BCUT2D eigenvalue weighted by Crippen LogP contribution is -2.20. The maximum absolute atomic E-state index is 12.4. The maximum Gasteiger partial charge on any atom is 0.250 e. The van der Waals surface area contributed by atoms with E-state index in [0.717, 1.165) is 5.69 Å². The molecule has 4 rings (SSSR count). The normalized spacial score (nSPS) is 10.9. The number of thioether (sulfide) groups is 1. The van der Waals surface area contributed by atoms with Crippen LogP contribution in [0.4, 0.5) is 0 Å². The van der Waals surface area contributed by atoms with Crippen LogP contribution in [0.1, 0.15) is 5.56 Å². The highest BCUT2D eigenvalue weighted by Gasteiger charge is 2.21. The average Bonchev–Trinajstić information content (AvgIpc) is 3.35. The molecule has 0 aliphatic heterocycles. The van der Waals surface area contributed by atoms with Crippen molar-refractivity contribution in [1.82, 2.24) is 20.2 Å². The van der Waals surface area contributed by atoms with Gasteiger partial charge in [-0.3, -0.25) is 9.36 Å². The minimum Gasteiger partial charge on any atom is -0.508 e. The Morgan fingerprint density at radius 2 is 1.73 bits per heavy atom. The molecule has 3 aromatic carbocycles. The molecule has 2 N–H and O–H groups in total. The molecule has 190 valence electrons. The molecule has 10 nitrogen and oxygen atoms in total. The van der Waals surface area contributed by atoms with Gasteiger partial charge in [0.15, 0.2) is 22.5 Å². The standard InChI is InChI=1S/C26H25N5O5S/c1-34-21-13-18(14-22(35-2)24(21)36-3)25-29-30-26(31(25)19-9-5-4-6-10-19)37-16-23(33)28-27-15-17-8-7-11-20(32)12-17/h4-15,32H,16H2,1-3H3,(H,28,33)/b27-15+. The van der Waals surface area contributed by atoms with E-state index >= 15 is 0 Å². The summed E-state index contributed by atoms with van der Waals surface area (Å²) in [4.78, 5) is 12.4. The highest BCUT2D eigenvalue weighted by molar-refractivity contribution is 7.99. The van der Waals surface area contributed by atoms with E-state index in [1.54, 1.807) is 51.7 Å². The number of hydrogen-bond acceptors (Lipinski definition) is 9. The quantitative estimate of drug-likeness (QED) is 0.184. The number of phenolic OH excluding ortho intramolecular Hbond substituents is 1. The van der Waals surface area contributed by atoms with Crippen molar-refractivity contribution < 1.29 is 24.1 Å². The Labute approximate surface area is 217 Å². The number of carbonyl (C=O) groups is 1. The summed E-state index contributed by atoms with van der Waals surface area (Å²) >= 11 is 1.22. The molecule has 0 radical (unpaired) electrons. The fraction of sp³-hybridized carbons (Fsp3) is 0.154. The van der Waals surface area contributed by atoms with Gasteiger partial charge in [0.05, 0.1) is 33.3 Å². The zero-order chi connectivity index (χ0) is 26.2. The van der Waals surface area contributed by atoms with Crippen LogP contribution in [0.3, 0.4) is 0 Å². The minimum atomic E-state index is -0.321. The Hall–Kier alpha value is -4.51. The number of aromatic nitrogens is 3. The first-order valence-corrected chi connectivity index (χ1v) is 12.1. The number of hydrogen-bond donors (Lipinski definition) is 2. The third-order valence-electron chi connectivity index (χ3n) is 5.18. The summed E-state index contributed by atoms with van der Waals surface area (Å²) in [5.41, 5.74) is 4.66. The van der Waals surface area contributed by atoms with E-state index in [0.29, 0.717) is 39.4 Å². The molecule has 37 heavy (non-hydrogen) atoms. The van der Waals surface area contributed by atoms with Crippen LogP contribution in [0.15, 0.2) is 77.0 Å². The number of rotatable bonds is 10. The maximum atomic E-state index is 12.4. The molecule has 0 aliphatic carbocycles. The van der Waals surface area contributed by atoms with Crippen LogP contribution < -0.4 is 19.6 Å². The molecule has 1 heterocycles. The third-order valence-corrected chi connectivity index (χ3v) is 6.11. The summed E-state index contributed by atoms with van der Waals surface area (Å²) in [5, 5.41) is 22.8. The number of nitrogens with zero attached hydrogens (tertiary/aromatic N) is 4. The van der Waals surface area contributed by atoms with Gasteiger partial charge in [-0.05, 0) is 42.0 Å². The monoisotopic (exact) mass is 519 g/mol. The fourth-order valence-corrected chi connectivity index (χ4v) is 4.26. The van der Waals surface area contributed by atoms with Crippen molar-refractivity contribution in [2.24, 2.45) is 5.10 Å². The van der Waals surface area contributed by atoms with Crippen molar-refractivity contribution in [3.63, 3.8) is 0 Å². The summed E-state index contributed by atoms with van der Waals surface area (Å²) in [6, 6.07) is 19.7. The van der Waals surface area contributed by atoms with Crippen LogP contribution in [0.5, 0.6) is 23.0 Å². The van der Waals surface area contributed by atoms with Gasteiger partial charge < -0.3 is 19.3 Å². The molecule has 11 heteroatoms. The average molecular weight is 520 g/mol. The summed E-state index contributed by atoms with van der Waals surface area (Å²) in [6.45, 7) is 0. The molecule has 0 unspecified atom stereocenters. The summed E-state index contributed by atoms with van der Waals surface area (Å²) in [5.74, 6) is 1.83. The summed E-state index contributed by atoms with van der Waals surface area (Å²) < 4.78 is 18.3. The van der Waals surface area contributed by atoms with Crippen LogP contribution >= 0.6 is 11.8 Å². The van der Waals surface area contributed by atoms with Gasteiger partial charge in [-0.25, -0.2) is 5.43 Å². The number of carbonyl (C=O) groups excluding carboxylic acids is 1. The second kappa shape index (κ2) is 12.0. The lowest BCUT2D eigenvalue weighted by atomic mass is 10.1. The number of ether oxygens (including phenoxy) is 3. The Morgan fingerprint density at radius 3 is 2.38 bits per heavy atom. The number of para-hydroxylation sites is 1. The van der Waals surface area contributed by atoms with E-state index in [2.05, 4.69) is 20.7 Å². The van der Waals surface area contributed by atoms with Gasteiger partial charge in [0.2, 0.25) is 5.75 Å². The van der Waals surface area contributed by atoms with Crippen LogP contribution in [0.25, 0.3) is 17.1 Å². The number of benzene rings is 3. The van der Waals surface area contributed by atoms with Gasteiger partial charge in [-0.15, -0.1) is 10.2 Å². The van der Waals surface area contributed by atoms with Crippen molar-refractivity contribution in [3.05, 3.63) is 72.3 Å². The molecular weight excluding hydrogens is 494 g/mol. The Morgan fingerprint density at radius 1 is 1.00 bits per heavy atom. The van der Waals surface area contributed by atoms with Gasteiger partial charge in [0.1, 0.15) is 5.75 Å². The van der Waals surface area contributed by atoms with Crippen molar-refractivity contribution >= 4 is 23.9 Å². The Balaban J connectivity index is 1.59. The predicted molar refractivity (Wildman–Crippen MR) is 141 cm³/mol. The number of hydrazone groups is 1. The highest BCUT2D eigenvalue weighted by atomic mass is 32.2. The van der Waals surface area contributed by atoms with Gasteiger partial charge >= 0.3 is 0 Å². The smallest absolute Gasteiger partial charge is 0.250 e. The summed E-state index contributed by atoms with van der Waals surface area (Å²) in [7, 11) is 4.64. The van der Waals surface area contributed by atoms with Crippen LogP contribution in [0.2, 0.25) is 0 Å². The lowest BCUT2D eigenvalue weighted by molar-refractivity contribution is -0.118. The third kappa shape index (κ3) is 6.01. The molecule has 0 bridgehead atoms. The van der Waals surface area contributed by atoms with Gasteiger partial charge in [-0.1, -0.05) is 42.1 Å². The first-order chi connectivity index (χ1) is 18.0. The van der Waals surface area contributed by atoms with Gasteiger partial charge in [0, 0.05) is 11.3 Å². The van der Waals surface area contributed by atoms with Crippen molar-refractivity contribution in [1.29, 1.82) is 0 Å². The van der Waals surface area contributed by atoms with E-state index in [-0.39, 0.29) is 17.4 Å². The molecule has 0 fully saturated rings. The van der Waals surface area contributed by atoms with E-state index in [1.807, 2.05) is 34.9 Å². The minimum absolute atomic E-state index is 0.0532. The molecular formula is C26H25N5O5S. The summed E-state index contributed by atoms with van der Waals surface area (Å²) in [6.07, 6.45) is 1.46. The molecule has 1 aromatic heterocycles. The number of phenols is 1. The highest BCUT2D eigenvalue weighted by Crippen LogP contribution is 2.41. The van der Waals surface area contributed by atoms with Crippen molar-refractivity contribution in [2.45, 2.75) is 5.16 Å². The van der Waals surface area contributed by atoms with E-state index in [9.17, 15) is 9.90 Å². The lowest BCUT2D eigenvalue weighted by Gasteiger charge is -2.15. The van der Waals surface area contributed by atoms with Crippen LogP contribution in [-0.2, 0) is 4.79 Å². The fourth-order valence-electron chi connectivity index (χ4n) is 3.52. The molecule has 1 amide bonds. The first kappa shape index (κ1) is 25.6. The Kier molecular flexibility index (Phi) is 8.26. The number of amides is 1. The number of nitrogens with one attached hydrogen (secondary N) is 1. The number of aromatic hydroxyl groups is 1. The van der Waals surface area contributed by atoms with Crippen LogP contribution in [-0.4, -0.2) is 59.1 Å². The predicted octanol–water partition coefficient (Wildman–Crippen LogP) is 3.91. The topological polar surface area (TPSA) is 120 Å². The van der Waals surface area contributed by atoms with Crippen molar-refractivity contribution in [3.8, 4) is 40.1 Å². The molecule has 0 atom stereocenters. The van der Waals surface area contributed by atoms with Crippen molar-refractivity contribution in [2.75, 3.05) is 27.1 Å². The zero-order valence-electron chi connectivity index (χ0n) is 20.4. The second-order valence-electron chi connectivity index (χ2n) is 7.57. The molecule has 4 aromatic rings. The van der Waals surface area contributed by atoms with Crippen LogP contribution in [0, 0.1) is 0 Å². The SMILES string of the molecule is COc1cc(-c2nnc(SCC(=O)N/N=C/c3cccc(O)c3)n2-c2ccccc2)cc(OC)c1OC. The number of methoxy groups -OCH3 is 3. The molecule has 0 saturated carbocycles. The molecule has 0 saturated heterocycles. The zero-order valence-corrected chi connectivity index (χ0v) is 21.2. The van der Waals surface area contributed by atoms with Gasteiger partial charge in [0.25, 0.3) is 5.91 Å². The first-order valence-electron chi connectivity index (χ1n) is 11.1.